The Hall–Kier alpha value is -2.99. The van der Waals surface area contributed by atoms with E-state index in [4.69, 9.17) is 9.47 Å². The van der Waals surface area contributed by atoms with Gasteiger partial charge < -0.3 is 14.8 Å². The summed E-state index contributed by atoms with van der Waals surface area (Å²) in [7, 11) is 2.96. The van der Waals surface area contributed by atoms with Crippen molar-refractivity contribution in [3.63, 3.8) is 0 Å². The largest absolute Gasteiger partial charge is 0.497 e. The number of hydrogen-bond donors (Lipinski definition) is 1. The zero-order chi connectivity index (χ0) is 21.7. The normalized spacial score (nSPS) is 12.5. The molecule has 3 nitrogen and oxygen atoms in total. The molecule has 3 aromatic carbocycles. The Labute approximate surface area is 174 Å². The van der Waals surface area contributed by atoms with Gasteiger partial charge in [0.15, 0.2) is 0 Å². The molecule has 0 heterocycles. The Morgan fingerprint density at radius 2 is 1.63 bits per heavy atom. The van der Waals surface area contributed by atoms with Crippen LogP contribution in [0.5, 0.6) is 11.5 Å². The fourth-order valence-corrected chi connectivity index (χ4v) is 3.34. The minimum atomic E-state index is -4.49. The topological polar surface area (TPSA) is 30.5 Å². The summed E-state index contributed by atoms with van der Waals surface area (Å²) >= 11 is 0. The van der Waals surface area contributed by atoms with E-state index >= 15 is 0 Å². The average molecular weight is 415 g/mol. The fraction of sp³-hybridized carbons (Fsp3) is 0.250. The highest BCUT2D eigenvalue weighted by atomic mass is 19.4. The van der Waals surface area contributed by atoms with Gasteiger partial charge >= 0.3 is 6.18 Å². The predicted octanol–water partition coefficient (Wildman–Crippen LogP) is 6.24. The molecule has 0 radical (unpaired) electrons. The second-order valence-electron chi connectivity index (χ2n) is 6.95. The van der Waals surface area contributed by atoms with Crippen molar-refractivity contribution in [3.8, 4) is 22.6 Å². The zero-order valence-corrected chi connectivity index (χ0v) is 17.1. The first-order chi connectivity index (χ1) is 14.3. The van der Waals surface area contributed by atoms with Crippen molar-refractivity contribution in [1.29, 1.82) is 0 Å². The molecule has 0 saturated carbocycles. The average Bonchev–Trinajstić information content (AvgIpc) is 2.76. The third-order valence-electron chi connectivity index (χ3n) is 5.01. The van der Waals surface area contributed by atoms with Gasteiger partial charge in [-0.1, -0.05) is 42.5 Å². The van der Waals surface area contributed by atoms with Crippen LogP contribution in [0.3, 0.4) is 0 Å². The maximum absolute atomic E-state index is 13.7. The molecular formula is C24H24F3NO2. The van der Waals surface area contributed by atoms with E-state index in [0.29, 0.717) is 11.3 Å². The molecule has 1 unspecified atom stereocenters. The van der Waals surface area contributed by atoms with E-state index in [1.165, 1.54) is 7.11 Å². The highest BCUT2D eigenvalue weighted by molar-refractivity contribution is 5.72. The van der Waals surface area contributed by atoms with Crippen molar-refractivity contribution in [1.82, 2.24) is 5.32 Å². The molecule has 0 aromatic heterocycles. The number of ether oxygens (including phenoxy) is 2. The highest BCUT2D eigenvalue weighted by Gasteiger charge is 2.34. The first-order valence-corrected chi connectivity index (χ1v) is 9.54. The lowest BCUT2D eigenvalue weighted by Crippen LogP contribution is -2.21. The summed E-state index contributed by atoms with van der Waals surface area (Å²) in [5.74, 6) is 0.895. The number of alkyl halides is 3. The molecule has 0 bridgehead atoms. The van der Waals surface area contributed by atoms with Crippen LogP contribution in [0.1, 0.15) is 29.7 Å². The summed E-state index contributed by atoms with van der Waals surface area (Å²) in [4.78, 5) is 0. The van der Waals surface area contributed by atoms with Crippen LogP contribution in [0.15, 0.2) is 66.7 Å². The Kier molecular flexibility index (Phi) is 6.67. The molecule has 0 saturated heterocycles. The molecule has 3 rings (SSSR count). The van der Waals surface area contributed by atoms with Crippen molar-refractivity contribution < 1.29 is 22.6 Å². The van der Waals surface area contributed by atoms with Crippen molar-refractivity contribution in [2.75, 3.05) is 14.2 Å². The van der Waals surface area contributed by atoms with E-state index in [9.17, 15) is 13.2 Å². The van der Waals surface area contributed by atoms with Gasteiger partial charge in [0, 0.05) is 18.2 Å². The smallest absolute Gasteiger partial charge is 0.416 e. The summed E-state index contributed by atoms with van der Waals surface area (Å²) in [5.41, 5.74) is 1.81. The van der Waals surface area contributed by atoms with Crippen LogP contribution in [0.2, 0.25) is 0 Å². The van der Waals surface area contributed by atoms with Crippen molar-refractivity contribution in [3.05, 3.63) is 83.4 Å². The molecule has 1 N–H and O–H groups in total. The molecule has 1 atom stereocenters. The number of nitrogens with one attached hydrogen (secondary N) is 1. The van der Waals surface area contributed by atoms with Gasteiger partial charge in [0.2, 0.25) is 0 Å². The maximum atomic E-state index is 13.7. The molecular weight excluding hydrogens is 391 g/mol. The molecule has 0 amide bonds. The lowest BCUT2D eigenvalue weighted by atomic mass is 9.97. The van der Waals surface area contributed by atoms with E-state index < -0.39 is 11.7 Å². The molecule has 6 heteroatoms. The van der Waals surface area contributed by atoms with Crippen molar-refractivity contribution >= 4 is 0 Å². The highest BCUT2D eigenvalue weighted by Crippen LogP contribution is 2.40. The van der Waals surface area contributed by atoms with E-state index in [1.54, 1.807) is 13.2 Å². The quantitative estimate of drug-likeness (QED) is 0.495. The number of halogens is 3. The molecule has 0 aliphatic rings. The molecule has 3 aromatic rings. The molecule has 0 spiro atoms. The number of hydrogen-bond acceptors (Lipinski definition) is 3. The standard InChI is InChI=1S/C24H24F3NO2/c1-16(18-10-7-11-20(12-18)29-2)28-15-19-13-21(17-8-5-4-6-9-17)23(30-3)14-22(19)24(25,26)27/h4-14,16,28H,15H2,1-3H3. The Balaban J connectivity index is 1.95. The minimum absolute atomic E-state index is 0.0526. The third kappa shape index (κ3) is 4.94. The van der Waals surface area contributed by atoms with Crippen LogP contribution in [0, 0.1) is 0 Å². The molecule has 158 valence electrons. The molecule has 0 aliphatic carbocycles. The van der Waals surface area contributed by atoms with E-state index in [-0.39, 0.29) is 23.9 Å². The van der Waals surface area contributed by atoms with Crippen LogP contribution < -0.4 is 14.8 Å². The number of rotatable bonds is 7. The SMILES string of the molecule is COc1cccc(C(C)NCc2cc(-c3ccccc3)c(OC)cc2C(F)(F)F)c1. The third-order valence-corrected chi connectivity index (χ3v) is 5.01. The maximum Gasteiger partial charge on any atom is 0.416 e. The van der Waals surface area contributed by atoms with Gasteiger partial charge in [0.1, 0.15) is 11.5 Å². The Morgan fingerprint density at radius 1 is 0.900 bits per heavy atom. The van der Waals surface area contributed by atoms with Gasteiger partial charge in [-0.3, -0.25) is 0 Å². The second kappa shape index (κ2) is 9.22. The van der Waals surface area contributed by atoms with Gasteiger partial charge in [-0.25, -0.2) is 0 Å². The van der Waals surface area contributed by atoms with Crippen LogP contribution >= 0.6 is 0 Å². The van der Waals surface area contributed by atoms with Crippen LogP contribution in [0.4, 0.5) is 13.2 Å². The van der Waals surface area contributed by atoms with Crippen LogP contribution in [0.25, 0.3) is 11.1 Å². The summed E-state index contributed by atoms with van der Waals surface area (Å²) in [6.45, 7) is 1.96. The molecule has 30 heavy (non-hydrogen) atoms. The Bertz CT molecular complexity index is 987. The lowest BCUT2D eigenvalue weighted by Gasteiger charge is -2.20. The minimum Gasteiger partial charge on any atom is -0.497 e. The van der Waals surface area contributed by atoms with E-state index in [2.05, 4.69) is 5.32 Å². The van der Waals surface area contributed by atoms with Crippen molar-refractivity contribution in [2.24, 2.45) is 0 Å². The van der Waals surface area contributed by atoms with Gasteiger partial charge in [0.25, 0.3) is 0 Å². The molecule has 0 aliphatic heterocycles. The van der Waals surface area contributed by atoms with E-state index in [1.807, 2.05) is 61.5 Å². The van der Waals surface area contributed by atoms with Gasteiger partial charge in [-0.2, -0.15) is 13.2 Å². The zero-order valence-electron chi connectivity index (χ0n) is 17.1. The lowest BCUT2D eigenvalue weighted by molar-refractivity contribution is -0.138. The number of benzene rings is 3. The fourth-order valence-electron chi connectivity index (χ4n) is 3.34. The number of methoxy groups -OCH3 is 2. The predicted molar refractivity (Wildman–Crippen MR) is 112 cm³/mol. The van der Waals surface area contributed by atoms with E-state index in [0.717, 1.165) is 17.2 Å². The second-order valence-corrected chi connectivity index (χ2v) is 6.95. The van der Waals surface area contributed by atoms with Crippen LogP contribution in [-0.4, -0.2) is 14.2 Å². The Morgan fingerprint density at radius 3 is 2.27 bits per heavy atom. The monoisotopic (exact) mass is 415 g/mol. The summed E-state index contributed by atoms with van der Waals surface area (Å²) < 4.78 is 51.7. The summed E-state index contributed by atoms with van der Waals surface area (Å²) in [6.07, 6.45) is -4.49. The summed E-state index contributed by atoms with van der Waals surface area (Å²) in [5, 5.41) is 3.20. The van der Waals surface area contributed by atoms with Gasteiger partial charge in [-0.05, 0) is 47.9 Å². The van der Waals surface area contributed by atoms with Gasteiger partial charge in [-0.15, -0.1) is 0 Å². The van der Waals surface area contributed by atoms with Crippen molar-refractivity contribution in [2.45, 2.75) is 25.7 Å². The first kappa shape index (κ1) is 21.7. The van der Waals surface area contributed by atoms with Gasteiger partial charge in [0.05, 0.1) is 19.8 Å². The first-order valence-electron chi connectivity index (χ1n) is 9.54. The summed E-state index contributed by atoms with van der Waals surface area (Å²) in [6, 6.07) is 19.2. The van der Waals surface area contributed by atoms with Crippen LogP contribution in [-0.2, 0) is 12.7 Å². The molecule has 0 fully saturated rings.